The third-order valence-electron chi connectivity index (χ3n) is 2.33. The summed E-state index contributed by atoms with van der Waals surface area (Å²) in [5.41, 5.74) is 10.4. The first-order chi connectivity index (χ1) is 7.85. The summed E-state index contributed by atoms with van der Waals surface area (Å²) in [4.78, 5) is 22.4. The Morgan fingerprint density at radius 3 is 2.71 bits per heavy atom. The predicted octanol–water partition coefficient (Wildman–Crippen LogP) is -0.708. The van der Waals surface area contributed by atoms with Gasteiger partial charge < -0.3 is 16.8 Å². The number of aromatic nitrogens is 2. The van der Waals surface area contributed by atoms with Crippen LogP contribution in [0.25, 0.3) is 0 Å². The van der Waals surface area contributed by atoms with Gasteiger partial charge in [0.1, 0.15) is 6.54 Å². The van der Waals surface area contributed by atoms with Crippen LogP contribution in [0.2, 0.25) is 0 Å². The lowest BCUT2D eigenvalue weighted by Crippen LogP contribution is -2.37. The van der Waals surface area contributed by atoms with Crippen molar-refractivity contribution in [3.05, 3.63) is 12.4 Å². The molecule has 0 saturated heterocycles. The summed E-state index contributed by atoms with van der Waals surface area (Å²) < 4.78 is 1.35. The van der Waals surface area contributed by atoms with Gasteiger partial charge in [0.25, 0.3) is 0 Å². The fraction of sp³-hybridized carbons (Fsp3) is 0.500. The molecule has 0 saturated carbocycles. The Kier molecular flexibility index (Phi) is 3.84. The van der Waals surface area contributed by atoms with Crippen molar-refractivity contribution < 1.29 is 9.59 Å². The molecule has 0 unspecified atom stereocenters. The predicted molar refractivity (Wildman–Crippen MR) is 62.9 cm³/mol. The molecule has 0 atom stereocenters. The summed E-state index contributed by atoms with van der Waals surface area (Å²) in [6.45, 7) is 3.72. The number of primary amides is 1. The highest BCUT2D eigenvalue weighted by molar-refractivity contribution is 5.94. The largest absolute Gasteiger partial charge is 0.368 e. The first-order valence-corrected chi connectivity index (χ1v) is 5.17. The zero-order valence-corrected chi connectivity index (χ0v) is 9.93. The molecule has 7 heteroatoms. The molecule has 1 aromatic heterocycles. The van der Waals surface area contributed by atoms with Gasteiger partial charge in [-0.05, 0) is 13.8 Å². The first kappa shape index (κ1) is 13.2. The molecule has 0 fully saturated rings. The molecule has 0 radical (unpaired) electrons. The van der Waals surface area contributed by atoms with E-state index in [1.54, 1.807) is 13.8 Å². The van der Waals surface area contributed by atoms with E-state index in [2.05, 4.69) is 10.4 Å². The molecule has 0 aromatic carbocycles. The van der Waals surface area contributed by atoms with Crippen molar-refractivity contribution in [2.24, 2.45) is 16.9 Å². The van der Waals surface area contributed by atoms with Crippen LogP contribution >= 0.6 is 0 Å². The second-order valence-corrected chi connectivity index (χ2v) is 4.44. The van der Waals surface area contributed by atoms with Gasteiger partial charge in [0, 0.05) is 12.7 Å². The van der Waals surface area contributed by atoms with E-state index in [9.17, 15) is 9.59 Å². The van der Waals surface area contributed by atoms with Gasteiger partial charge in [-0.1, -0.05) is 0 Å². The summed E-state index contributed by atoms with van der Waals surface area (Å²) in [7, 11) is 0. The molecule has 1 rings (SSSR count). The van der Waals surface area contributed by atoms with Crippen LogP contribution in [-0.4, -0.2) is 28.1 Å². The number of carbonyl (C=O) groups is 2. The van der Waals surface area contributed by atoms with Crippen molar-refractivity contribution in [2.75, 3.05) is 11.9 Å². The van der Waals surface area contributed by atoms with Crippen molar-refractivity contribution in [1.82, 2.24) is 9.78 Å². The standard InChI is InChI=1S/C10H17N5O2/c1-10(2,6-11)9(17)14-7-3-13-15(4-7)5-8(12)16/h3-4H,5-6,11H2,1-2H3,(H2,12,16)(H,14,17). The van der Waals surface area contributed by atoms with Crippen LogP contribution in [0.3, 0.4) is 0 Å². The van der Waals surface area contributed by atoms with E-state index in [0.29, 0.717) is 5.69 Å². The summed E-state index contributed by atoms with van der Waals surface area (Å²) in [6, 6.07) is 0. The van der Waals surface area contributed by atoms with Crippen molar-refractivity contribution in [3.63, 3.8) is 0 Å². The monoisotopic (exact) mass is 239 g/mol. The molecular formula is C10H17N5O2. The fourth-order valence-corrected chi connectivity index (χ4v) is 1.07. The van der Waals surface area contributed by atoms with E-state index in [1.807, 2.05) is 0 Å². The van der Waals surface area contributed by atoms with Crippen LogP contribution in [0.4, 0.5) is 5.69 Å². The minimum absolute atomic E-state index is 0.0177. The summed E-state index contributed by atoms with van der Waals surface area (Å²) in [5.74, 6) is -0.688. The minimum Gasteiger partial charge on any atom is -0.368 e. The fourth-order valence-electron chi connectivity index (χ4n) is 1.07. The summed E-state index contributed by atoms with van der Waals surface area (Å²) in [6.07, 6.45) is 2.99. The molecule has 17 heavy (non-hydrogen) atoms. The third kappa shape index (κ3) is 3.56. The van der Waals surface area contributed by atoms with Gasteiger partial charge in [-0.2, -0.15) is 5.10 Å². The molecule has 0 spiro atoms. The molecule has 1 aromatic rings. The molecule has 2 amide bonds. The molecule has 94 valence electrons. The zero-order valence-electron chi connectivity index (χ0n) is 9.93. The average molecular weight is 239 g/mol. The number of carbonyl (C=O) groups excluding carboxylic acids is 2. The van der Waals surface area contributed by atoms with Crippen LogP contribution < -0.4 is 16.8 Å². The number of nitrogens with one attached hydrogen (secondary N) is 1. The lowest BCUT2D eigenvalue weighted by atomic mass is 9.93. The van der Waals surface area contributed by atoms with Crippen LogP contribution in [0.5, 0.6) is 0 Å². The smallest absolute Gasteiger partial charge is 0.239 e. The third-order valence-corrected chi connectivity index (χ3v) is 2.33. The van der Waals surface area contributed by atoms with E-state index >= 15 is 0 Å². The maximum Gasteiger partial charge on any atom is 0.239 e. The number of amides is 2. The topological polar surface area (TPSA) is 116 Å². The maximum atomic E-state index is 11.8. The second-order valence-electron chi connectivity index (χ2n) is 4.44. The normalized spacial score (nSPS) is 11.2. The van der Waals surface area contributed by atoms with E-state index in [1.165, 1.54) is 17.1 Å². The van der Waals surface area contributed by atoms with Gasteiger partial charge in [-0.15, -0.1) is 0 Å². The Morgan fingerprint density at radius 2 is 2.18 bits per heavy atom. The Bertz CT molecular complexity index is 424. The molecule has 7 nitrogen and oxygen atoms in total. The van der Waals surface area contributed by atoms with Crippen molar-refractivity contribution in [1.29, 1.82) is 0 Å². The SMILES string of the molecule is CC(C)(CN)C(=O)Nc1cnn(CC(N)=O)c1. The minimum atomic E-state index is -0.647. The molecule has 0 aliphatic carbocycles. The number of hydrogen-bond donors (Lipinski definition) is 3. The molecule has 5 N–H and O–H groups in total. The van der Waals surface area contributed by atoms with Gasteiger partial charge >= 0.3 is 0 Å². The highest BCUT2D eigenvalue weighted by Crippen LogP contribution is 2.16. The van der Waals surface area contributed by atoms with Gasteiger partial charge in [0.2, 0.25) is 11.8 Å². The van der Waals surface area contributed by atoms with Crippen LogP contribution in [0.1, 0.15) is 13.8 Å². The lowest BCUT2D eigenvalue weighted by molar-refractivity contribution is -0.123. The molecule has 0 aliphatic heterocycles. The lowest BCUT2D eigenvalue weighted by Gasteiger charge is -2.20. The van der Waals surface area contributed by atoms with Gasteiger partial charge in [-0.25, -0.2) is 0 Å². The zero-order chi connectivity index (χ0) is 13.1. The van der Waals surface area contributed by atoms with E-state index in [4.69, 9.17) is 11.5 Å². The molecule has 0 aliphatic rings. The maximum absolute atomic E-state index is 11.8. The second kappa shape index (κ2) is 4.96. The summed E-state index contributed by atoms with van der Waals surface area (Å²) in [5, 5.41) is 6.56. The Hall–Kier alpha value is -1.89. The molecular weight excluding hydrogens is 222 g/mol. The average Bonchev–Trinajstić information content (AvgIpc) is 2.64. The van der Waals surface area contributed by atoms with Crippen LogP contribution in [0.15, 0.2) is 12.4 Å². The number of anilines is 1. The van der Waals surface area contributed by atoms with Crippen molar-refractivity contribution >= 4 is 17.5 Å². The van der Waals surface area contributed by atoms with Crippen molar-refractivity contribution in [3.8, 4) is 0 Å². The number of nitrogens with two attached hydrogens (primary N) is 2. The Labute approximate surface area is 99.1 Å². The van der Waals surface area contributed by atoms with Crippen LogP contribution in [-0.2, 0) is 16.1 Å². The quantitative estimate of drug-likeness (QED) is 0.629. The molecule has 0 bridgehead atoms. The molecule has 1 heterocycles. The van der Waals surface area contributed by atoms with Crippen molar-refractivity contribution in [2.45, 2.75) is 20.4 Å². The highest BCUT2D eigenvalue weighted by Gasteiger charge is 2.25. The van der Waals surface area contributed by atoms with E-state index in [0.717, 1.165) is 0 Å². The van der Waals surface area contributed by atoms with Gasteiger partial charge in [-0.3, -0.25) is 14.3 Å². The Balaban J connectivity index is 2.67. The van der Waals surface area contributed by atoms with Gasteiger partial charge in [0.05, 0.1) is 17.3 Å². The number of hydrogen-bond acceptors (Lipinski definition) is 4. The highest BCUT2D eigenvalue weighted by atomic mass is 16.2. The first-order valence-electron chi connectivity index (χ1n) is 5.17. The van der Waals surface area contributed by atoms with Gasteiger partial charge in [0.15, 0.2) is 0 Å². The van der Waals surface area contributed by atoms with Crippen LogP contribution in [0, 0.1) is 5.41 Å². The Morgan fingerprint density at radius 1 is 1.53 bits per heavy atom. The van der Waals surface area contributed by atoms with E-state index < -0.39 is 11.3 Å². The number of nitrogens with zero attached hydrogens (tertiary/aromatic N) is 2. The summed E-state index contributed by atoms with van der Waals surface area (Å²) >= 11 is 0. The number of rotatable bonds is 5. The van der Waals surface area contributed by atoms with E-state index in [-0.39, 0.29) is 19.0 Å².